The van der Waals surface area contributed by atoms with E-state index in [1.807, 2.05) is 6.07 Å². The molecule has 0 saturated heterocycles. The Kier molecular flexibility index (Phi) is 5.36. The van der Waals surface area contributed by atoms with E-state index in [9.17, 15) is 10.1 Å². The highest BCUT2D eigenvalue weighted by atomic mass is 35.5. The van der Waals surface area contributed by atoms with Gasteiger partial charge in [-0.15, -0.1) is 12.4 Å². The molecule has 0 spiro atoms. The molecule has 1 atom stereocenters. The van der Waals surface area contributed by atoms with Gasteiger partial charge in [0.05, 0.1) is 4.92 Å². The van der Waals surface area contributed by atoms with Gasteiger partial charge in [0, 0.05) is 17.0 Å². The van der Waals surface area contributed by atoms with Crippen molar-refractivity contribution in [1.82, 2.24) is 0 Å². The van der Waals surface area contributed by atoms with E-state index in [-0.39, 0.29) is 28.4 Å². The lowest BCUT2D eigenvalue weighted by molar-refractivity contribution is -0.380. The molecule has 17 heavy (non-hydrogen) atoms. The summed E-state index contributed by atoms with van der Waals surface area (Å²) >= 11 is 1.22. The number of nitrogens with two attached hydrogens (primary N) is 1. The lowest BCUT2D eigenvalue weighted by atomic mass is 9.84. The molecule has 0 amide bonds. The molecule has 0 unspecified atom stereocenters. The van der Waals surface area contributed by atoms with Gasteiger partial charge < -0.3 is 5.73 Å². The Balaban J connectivity index is 0.00000144. The summed E-state index contributed by atoms with van der Waals surface area (Å²) in [7, 11) is 0. The number of hydrogen-bond acceptors (Lipinski definition) is 4. The fourth-order valence-electron chi connectivity index (χ4n) is 2.35. The molecule has 2 rings (SSSR count). The molecule has 0 aromatic carbocycles. The largest absolute Gasteiger partial charge is 0.324 e. The predicted molar refractivity (Wildman–Crippen MR) is 71.7 cm³/mol. The first-order valence-electron chi connectivity index (χ1n) is 5.68. The average molecular weight is 277 g/mol. The molecule has 96 valence electrons. The van der Waals surface area contributed by atoms with Crippen molar-refractivity contribution in [3.05, 3.63) is 27.1 Å². The quantitative estimate of drug-likeness (QED) is 0.676. The minimum Gasteiger partial charge on any atom is -0.323 e. The first-order chi connectivity index (χ1) is 7.68. The molecule has 4 nitrogen and oxygen atoms in total. The van der Waals surface area contributed by atoms with E-state index < -0.39 is 0 Å². The third kappa shape index (κ3) is 3.40. The van der Waals surface area contributed by atoms with Crippen LogP contribution in [0.1, 0.15) is 43.0 Å². The molecule has 0 aliphatic heterocycles. The maximum Gasteiger partial charge on any atom is 0.324 e. The first-order valence-corrected chi connectivity index (χ1v) is 6.50. The maximum atomic E-state index is 10.6. The van der Waals surface area contributed by atoms with Crippen LogP contribution in [0.4, 0.5) is 5.00 Å². The van der Waals surface area contributed by atoms with E-state index in [1.165, 1.54) is 30.6 Å². The van der Waals surface area contributed by atoms with Crippen molar-refractivity contribution in [3.8, 4) is 0 Å². The molecule has 1 aromatic heterocycles. The van der Waals surface area contributed by atoms with Gasteiger partial charge in [0.15, 0.2) is 0 Å². The Morgan fingerprint density at radius 1 is 1.35 bits per heavy atom. The van der Waals surface area contributed by atoms with Crippen LogP contribution >= 0.6 is 23.7 Å². The van der Waals surface area contributed by atoms with Crippen molar-refractivity contribution in [2.45, 2.75) is 38.1 Å². The molecule has 2 N–H and O–H groups in total. The Hall–Kier alpha value is -0.650. The summed E-state index contributed by atoms with van der Waals surface area (Å²) in [6.07, 6.45) is 6.10. The number of halogens is 1. The van der Waals surface area contributed by atoms with Crippen molar-refractivity contribution >= 4 is 28.7 Å². The van der Waals surface area contributed by atoms with Gasteiger partial charge in [-0.2, -0.15) is 0 Å². The van der Waals surface area contributed by atoms with Crippen LogP contribution in [0.15, 0.2) is 12.1 Å². The van der Waals surface area contributed by atoms with Crippen molar-refractivity contribution < 1.29 is 4.92 Å². The molecular weight excluding hydrogens is 260 g/mol. The lowest BCUT2D eigenvalue weighted by Crippen LogP contribution is -2.22. The van der Waals surface area contributed by atoms with E-state index in [2.05, 4.69) is 0 Å². The van der Waals surface area contributed by atoms with Crippen LogP contribution < -0.4 is 5.73 Å². The van der Waals surface area contributed by atoms with Gasteiger partial charge in [0.25, 0.3) is 0 Å². The number of thiophene rings is 1. The monoisotopic (exact) mass is 276 g/mol. The standard InChI is InChI=1S/C11H16N2O2S.ClH/c12-11(8-4-2-1-3-5-8)9-6-7-10(16-9)13(14)15;/h6-8,11H,1-5,12H2;1H/t11-;/m1./s1. The molecule has 1 aromatic rings. The zero-order valence-corrected chi connectivity index (χ0v) is 11.1. The van der Waals surface area contributed by atoms with Gasteiger partial charge in [-0.25, -0.2) is 0 Å². The fourth-order valence-corrected chi connectivity index (χ4v) is 3.26. The van der Waals surface area contributed by atoms with Gasteiger partial charge in [0.2, 0.25) is 0 Å². The molecule has 1 fully saturated rings. The molecular formula is C11H17ClN2O2S. The first kappa shape index (κ1) is 14.4. The second-order valence-electron chi connectivity index (χ2n) is 4.36. The Morgan fingerprint density at radius 2 is 2.00 bits per heavy atom. The summed E-state index contributed by atoms with van der Waals surface area (Å²) in [5, 5.41) is 10.8. The number of nitrogens with zero attached hydrogens (tertiary/aromatic N) is 1. The predicted octanol–water partition coefficient (Wildman–Crippen LogP) is 3.66. The van der Waals surface area contributed by atoms with E-state index in [0.29, 0.717) is 5.92 Å². The Labute approximate surface area is 111 Å². The zero-order chi connectivity index (χ0) is 11.5. The summed E-state index contributed by atoms with van der Waals surface area (Å²) in [6.45, 7) is 0. The summed E-state index contributed by atoms with van der Waals surface area (Å²) in [6, 6.07) is 3.35. The van der Waals surface area contributed by atoms with Crippen LogP contribution in [0.3, 0.4) is 0 Å². The van der Waals surface area contributed by atoms with Crippen molar-refractivity contribution in [2.24, 2.45) is 11.7 Å². The molecule has 6 heteroatoms. The van der Waals surface area contributed by atoms with Gasteiger partial charge in [-0.1, -0.05) is 30.6 Å². The molecule has 0 bridgehead atoms. The lowest BCUT2D eigenvalue weighted by Gasteiger charge is -2.26. The second-order valence-corrected chi connectivity index (χ2v) is 5.45. The highest BCUT2D eigenvalue weighted by Gasteiger charge is 2.24. The van der Waals surface area contributed by atoms with Crippen LogP contribution in [0.2, 0.25) is 0 Å². The van der Waals surface area contributed by atoms with Crippen molar-refractivity contribution in [3.63, 3.8) is 0 Å². The molecule has 1 saturated carbocycles. The minimum absolute atomic E-state index is 0. The average Bonchev–Trinajstić information content (AvgIpc) is 2.78. The van der Waals surface area contributed by atoms with E-state index in [4.69, 9.17) is 5.73 Å². The van der Waals surface area contributed by atoms with Crippen LogP contribution in [0.25, 0.3) is 0 Å². The van der Waals surface area contributed by atoms with Crippen molar-refractivity contribution in [1.29, 1.82) is 0 Å². The Morgan fingerprint density at radius 3 is 2.53 bits per heavy atom. The van der Waals surface area contributed by atoms with Gasteiger partial charge in [0.1, 0.15) is 0 Å². The molecule has 0 radical (unpaired) electrons. The van der Waals surface area contributed by atoms with Crippen LogP contribution in [0, 0.1) is 16.0 Å². The number of nitro groups is 1. The van der Waals surface area contributed by atoms with E-state index in [0.717, 1.165) is 17.7 Å². The van der Waals surface area contributed by atoms with Crippen LogP contribution in [-0.4, -0.2) is 4.92 Å². The number of rotatable bonds is 3. The Bertz CT molecular complexity index is 377. The summed E-state index contributed by atoms with van der Waals surface area (Å²) in [4.78, 5) is 11.2. The van der Waals surface area contributed by atoms with Crippen molar-refractivity contribution in [2.75, 3.05) is 0 Å². The highest BCUT2D eigenvalue weighted by molar-refractivity contribution is 7.15. The van der Waals surface area contributed by atoms with Crippen LogP contribution in [0.5, 0.6) is 0 Å². The van der Waals surface area contributed by atoms with Crippen LogP contribution in [-0.2, 0) is 0 Å². The van der Waals surface area contributed by atoms with Gasteiger partial charge >= 0.3 is 5.00 Å². The number of hydrogen-bond donors (Lipinski definition) is 1. The van der Waals surface area contributed by atoms with E-state index in [1.54, 1.807) is 6.07 Å². The normalized spacial score (nSPS) is 18.4. The molecule has 1 aliphatic carbocycles. The zero-order valence-electron chi connectivity index (χ0n) is 9.50. The topological polar surface area (TPSA) is 69.2 Å². The summed E-state index contributed by atoms with van der Waals surface area (Å²) in [5.74, 6) is 0.506. The minimum atomic E-state index is -0.345. The molecule has 1 aliphatic rings. The fraction of sp³-hybridized carbons (Fsp3) is 0.636. The highest BCUT2D eigenvalue weighted by Crippen LogP contribution is 2.37. The smallest absolute Gasteiger partial charge is 0.323 e. The SMILES string of the molecule is Cl.N[C@@H](c1ccc([N+](=O)[O-])s1)C1CCCCC1. The third-order valence-electron chi connectivity index (χ3n) is 3.28. The van der Waals surface area contributed by atoms with Gasteiger partial charge in [-0.05, 0) is 24.8 Å². The second kappa shape index (κ2) is 6.33. The maximum absolute atomic E-state index is 10.6. The summed E-state index contributed by atoms with van der Waals surface area (Å²) < 4.78 is 0. The van der Waals surface area contributed by atoms with Gasteiger partial charge in [-0.3, -0.25) is 10.1 Å². The summed E-state index contributed by atoms with van der Waals surface area (Å²) in [5.41, 5.74) is 6.17. The van der Waals surface area contributed by atoms with E-state index >= 15 is 0 Å². The molecule has 1 heterocycles. The third-order valence-corrected chi connectivity index (χ3v) is 4.42.